The molecule has 2 aromatic rings. The fourth-order valence-corrected chi connectivity index (χ4v) is 2.36. The maximum Gasteiger partial charge on any atom is 0.355 e. The van der Waals surface area contributed by atoms with Crippen LogP contribution in [0.15, 0.2) is 24.4 Å². The number of hydrogen-bond acceptors (Lipinski definition) is 3. The Labute approximate surface area is 105 Å². The Morgan fingerprint density at radius 2 is 2.25 bits per heavy atom. The van der Waals surface area contributed by atoms with Crippen LogP contribution in [0.25, 0.3) is 11.4 Å². The number of nitrogens with zero attached hydrogens (tertiary/aromatic N) is 3. The van der Waals surface area contributed by atoms with Crippen molar-refractivity contribution in [1.29, 1.82) is 0 Å². The van der Waals surface area contributed by atoms with Crippen molar-refractivity contribution in [1.82, 2.24) is 14.8 Å². The number of carboxylic acids is 1. The lowest BCUT2D eigenvalue weighted by atomic mass is 10.2. The van der Waals surface area contributed by atoms with Crippen molar-refractivity contribution in [2.45, 2.75) is 0 Å². The summed E-state index contributed by atoms with van der Waals surface area (Å²) < 4.78 is 1.96. The van der Waals surface area contributed by atoms with E-state index >= 15 is 0 Å². The normalized spacial score (nSPS) is 10.4. The summed E-state index contributed by atoms with van der Waals surface area (Å²) in [5.41, 5.74) is 1.46. The van der Waals surface area contributed by atoms with E-state index in [2.05, 4.69) is 10.1 Å². The number of halogens is 1. The molecule has 0 aliphatic heterocycles. The molecule has 16 heavy (non-hydrogen) atoms. The van der Waals surface area contributed by atoms with Gasteiger partial charge in [-0.05, 0) is 34.7 Å². The largest absolute Gasteiger partial charge is 0.476 e. The molecule has 0 bridgehead atoms. The van der Waals surface area contributed by atoms with Crippen molar-refractivity contribution < 1.29 is 9.90 Å². The van der Waals surface area contributed by atoms with Gasteiger partial charge in [-0.2, -0.15) is 5.10 Å². The van der Waals surface area contributed by atoms with Gasteiger partial charge in [0.25, 0.3) is 0 Å². The Morgan fingerprint density at radius 1 is 1.50 bits per heavy atom. The van der Waals surface area contributed by atoms with Crippen LogP contribution in [0.4, 0.5) is 0 Å². The van der Waals surface area contributed by atoms with E-state index in [1.165, 1.54) is 4.68 Å². The first-order valence-electron chi connectivity index (χ1n) is 4.48. The summed E-state index contributed by atoms with van der Waals surface area (Å²) in [5.74, 6) is -0.985. The van der Waals surface area contributed by atoms with Gasteiger partial charge in [0.05, 0.1) is 9.26 Å². The molecule has 5 nitrogen and oxygen atoms in total. The zero-order valence-electron chi connectivity index (χ0n) is 8.38. The molecule has 2 heterocycles. The van der Waals surface area contributed by atoms with Crippen LogP contribution in [0.2, 0.25) is 0 Å². The predicted octanol–water partition coefficient (Wildman–Crippen LogP) is 1.78. The Kier molecular flexibility index (Phi) is 2.90. The van der Waals surface area contributed by atoms with E-state index in [1.54, 1.807) is 25.4 Å². The first-order valence-corrected chi connectivity index (χ1v) is 5.56. The summed E-state index contributed by atoms with van der Waals surface area (Å²) in [6, 6.07) is 5.45. The number of hydrogen-bond donors (Lipinski definition) is 1. The third-order valence-electron chi connectivity index (χ3n) is 2.10. The molecule has 0 atom stereocenters. The van der Waals surface area contributed by atoms with Crippen LogP contribution in [0, 0.1) is 3.57 Å². The molecule has 0 unspecified atom stereocenters. The zero-order chi connectivity index (χ0) is 11.7. The van der Waals surface area contributed by atoms with Gasteiger partial charge in [-0.1, -0.05) is 6.07 Å². The van der Waals surface area contributed by atoms with Gasteiger partial charge in [0.1, 0.15) is 5.69 Å². The van der Waals surface area contributed by atoms with Crippen molar-refractivity contribution in [2.75, 3.05) is 0 Å². The fourth-order valence-electron chi connectivity index (χ4n) is 1.40. The number of aryl methyl sites for hydroxylation is 1. The van der Waals surface area contributed by atoms with E-state index in [1.807, 2.05) is 28.7 Å². The maximum absolute atomic E-state index is 11.0. The van der Waals surface area contributed by atoms with Crippen LogP contribution < -0.4 is 0 Å². The quantitative estimate of drug-likeness (QED) is 0.853. The molecular formula is C10H8IN3O2. The van der Waals surface area contributed by atoms with E-state index in [0.29, 0.717) is 15.0 Å². The Balaban J connectivity index is 2.61. The molecule has 1 N–H and O–H groups in total. The summed E-state index contributed by atoms with van der Waals surface area (Å²) in [5, 5.41) is 13.2. The van der Waals surface area contributed by atoms with Gasteiger partial charge >= 0.3 is 5.97 Å². The molecule has 0 aromatic carbocycles. The minimum Gasteiger partial charge on any atom is -0.476 e. The first-order chi connectivity index (χ1) is 7.61. The van der Waals surface area contributed by atoms with Gasteiger partial charge in [0, 0.05) is 13.2 Å². The molecule has 0 saturated carbocycles. The number of aromatic carboxylic acids is 1. The van der Waals surface area contributed by atoms with Crippen LogP contribution >= 0.6 is 22.6 Å². The second kappa shape index (κ2) is 4.20. The van der Waals surface area contributed by atoms with Crippen molar-refractivity contribution in [3.8, 4) is 11.4 Å². The van der Waals surface area contributed by atoms with Gasteiger partial charge in [0.2, 0.25) is 0 Å². The van der Waals surface area contributed by atoms with Gasteiger partial charge in [-0.15, -0.1) is 0 Å². The lowest BCUT2D eigenvalue weighted by Gasteiger charge is -1.95. The second-order valence-corrected chi connectivity index (χ2v) is 4.23. The average molecular weight is 329 g/mol. The lowest BCUT2D eigenvalue weighted by Crippen LogP contribution is -2.06. The number of carbonyl (C=O) groups is 1. The molecule has 0 aliphatic carbocycles. The van der Waals surface area contributed by atoms with E-state index in [0.717, 1.165) is 0 Å². The highest BCUT2D eigenvalue weighted by molar-refractivity contribution is 14.1. The van der Waals surface area contributed by atoms with Gasteiger partial charge in [-0.3, -0.25) is 9.67 Å². The van der Waals surface area contributed by atoms with Crippen LogP contribution in [0.5, 0.6) is 0 Å². The molecule has 0 fully saturated rings. The Morgan fingerprint density at radius 3 is 2.75 bits per heavy atom. The Hall–Kier alpha value is -1.44. The minimum absolute atomic E-state index is 0.182. The van der Waals surface area contributed by atoms with Crippen molar-refractivity contribution in [3.05, 3.63) is 33.7 Å². The zero-order valence-corrected chi connectivity index (χ0v) is 10.5. The predicted molar refractivity (Wildman–Crippen MR) is 66.1 cm³/mol. The summed E-state index contributed by atoms with van der Waals surface area (Å²) in [6.07, 6.45) is 1.65. The average Bonchev–Trinajstić information content (AvgIpc) is 2.55. The van der Waals surface area contributed by atoms with Gasteiger partial charge < -0.3 is 5.11 Å². The third kappa shape index (κ3) is 1.80. The smallest absolute Gasteiger partial charge is 0.355 e. The molecule has 2 aromatic heterocycles. The Bertz CT molecular complexity index is 536. The van der Waals surface area contributed by atoms with Crippen molar-refractivity contribution >= 4 is 28.6 Å². The molecule has 0 amide bonds. The number of pyridine rings is 1. The number of rotatable bonds is 2. The molecule has 0 aliphatic rings. The lowest BCUT2D eigenvalue weighted by molar-refractivity contribution is 0.0684. The van der Waals surface area contributed by atoms with Crippen molar-refractivity contribution in [2.24, 2.45) is 7.05 Å². The van der Waals surface area contributed by atoms with Gasteiger partial charge in [-0.25, -0.2) is 4.79 Å². The molecule has 0 spiro atoms. The van der Waals surface area contributed by atoms with Crippen LogP contribution in [-0.2, 0) is 7.05 Å². The molecule has 2 rings (SSSR count). The first kappa shape index (κ1) is 11.1. The number of aromatic nitrogens is 3. The second-order valence-electron chi connectivity index (χ2n) is 3.15. The standard InChI is InChI=1S/C10H8IN3O2/c1-14-9(10(15)16)7(11)8(13-14)6-4-2-3-5-12-6/h2-5H,1H3,(H,15,16). The van der Waals surface area contributed by atoms with Gasteiger partial charge in [0.15, 0.2) is 5.69 Å². The fraction of sp³-hybridized carbons (Fsp3) is 0.100. The molecule has 82 valence electrons. The molecular weight excluding hydrogens is 321 g/mol. The van der Waals surface area contributed by atoms with Crippen LogP contribution in [-0.4, -0.2) is 25.8 Å². The topological polar surface area (TPSA) is 68.0 Å². The van der Waals surface area contributed by atoms with E-state index in [9.17, 15) is 4.79 Å². The van der Waals surface area contributed by atoms with E-state index in [-0.39, 0.29) is 5.69 Å². The highest BCUT2D eigenvalue weighted by atomic mass is 127. The minimum atomic E-state index is -0.985. The van der Waals surface area contributed by atoms with Crippen LogP contribution in [0.1, 0.15) is 10.5 Å². The maximum atomic E-state index is 11.0. The summed E-state index contributed by atoms with van der Waals surface area (Å²) in [4.78, 5) is 15.2. The van der Waals surface area contributed by atoms with E-state index < -0.39 is 5.97 Å². The van der Waals surface area contributed by atoms with Crippen LogP contribution in [0.3, 0.4) is 0 Å². The molecule has 6 heteroatoms. The SMILES string of the molecule is Cn1nc(-c2ccccn2)c(I)c1C(=O)O. The van der Waals surface area contributed by atoms with E-state index in [4.69, 9.17) is 5.11 Å². The summed E-state index contributed by atoms with van der Waals surface area (Å²) >= 11 is 1.98. The molecule has 0 radical (unpaired) electrons. The monoisotopic (exact) mass is 329 g/mol. The molecule has 0 saturated heterocycles. The van der Waals surface area contributed by atoms with Crippen molar-refractivity contribution in [3.63, 3.8) is 0 Å². The summed E-state index contributed by atoms with van der Waals surface area (Å²) in [7, 11) is 1.61. The third-order valence-corrected chi connectivity index (χ3v) is 3.12. The highest BCUT2D eigenvalue weighted by Gasteiger charge is 2.20. The number of carboxylic acid groups (broad SMARTS) is 1. The summed E-state index contributed by atoms with van der Waals surface area (Å²) in [6.45, 7) is 0. The highest BCUT2D eigenvalue weighted by Crippen LogP contribution is 2.24.